The molecule has 0 bridgehead atoms. The number of hydrogen-bond donors (Lipinski definition) is 0. The number of halogens is 1. The van der Waals surface area contributed by atoms with Crippen LogP contribution in [0, 0.1) is 5.92 Å². The van der Waals surface area contributed by atoms with Crippen molar-refractivity contribution in [1.82, 2.24) is 9.21 Å². The smallest absolute Gasteiger partial charge is 0.309 e. The van der Waals surface area contributed by atoms with Gasteiger partial charge in [0.1, 0.15) is 5.75 Å². The van der Waals surface area contributed by atoms with Gasteiger partial charge in [0, 0.05) is 19.6 Å². The van der Waals surface area contributed by atoms with E-state index < -0.39 is 10.0 Å². The van der Waals surface area contributed by atoms with Crippen LogP contribution < -0.4 is 4.74 Å². The predicted octanol–water partition coefficient (Wildman–Crippen LogP) is 3.34. The second-order valence-corrected chi connectivity index (χ2v) is 10.3. The minimum Gasteiger partial charge on any atom is -0.495 e. The minimum atomic E-state index is -4.04. The number of benzene rings is 2. The van der Waals surface area contributed by atoms with Gasteiger partial charge in [-0.2, -0.15) is 4.31 Å². The number of ether oxygens (including phenoxy) is 2. The van der Waals surface area contributed by atoms with Gasteiger partial charge in [0.15, 0.2) is 0 Å². The Labute approximate surface area is 205 Å². The summed E-state index contributed by atoms with van der Waals surface area (Å²) in [5.41, 5.74) is 0.750. The number of esters is 1. The maximum absolute atomic E-state index is 13.5. The molecule has 2 aromatic rings. The van der Waals surface area contributed by atoms with Crippen molar-refractivity contribution in [2.75, 3.05) is 33.4 Å². The third kappa shape index (κ3) is 6.28. The summed E-state index contributed by atoms with van der Waals surface area (Å²) in [7, 11) is -2.59. The highest BCUT2D eigenvalue weighted by Gasteiger charge is 2.32. The van der Waals surface area contributed by atoms with Gasteiger partial charge < -0.3 is 14.4 Å². The normalized spacial score (nSPS) is 14.8. The van der Waals surface area contributed by atoms with Gasteiger partial charge in [-0.05, 0) is 43.5 Å². The highest BCUT2D eigenvalue weighted by molar-refractivity contribution is 7.89. The molecule has 0 spiro atoms. The highest BCUT2D eigenvalue weighted by atomic mass is 35.5. The highest BCUT2D eigenvalue weighted by Crippen LogP contribution is 2.29. The van der Waals surface area contributed by atoms with Crippen LogP contribution in [0.3, 0.4) is 0 Å². The molecule has 1 heterocycles. The molecule has 1 amide bonds. The number of carbonyl (C=O) groups excluding carboxylic acids is 2. The van der Waals surface area contributed by atoms with E-state index in [9.17, 15) is 18.0 Å². The van der Waals surface area contributed by atoms with Crippen molar-refractivity contribution < 1.29 is 27.5 Å². The van der Waals surface area contributed by atoms with Crippen LogP contribution in [0.2, 0.25) is 5.02 Å². The fourth-order valence-electron chi connectivity index (χ4n) is 3.85. The summed E-state index contributed by atoms with van der Waals surface area (Å²) in [6.07, 6.45) is 0.980. The zero-order valence-corrected chi connectivity index (χ0v) is 20.8. The second kappa shape index (κ2) is 11.7. The zero-order chi connectivity index (χ0) is 24.7. The lowest BCUT2D eigenvalue weighted by Crippen LogP contribution is -2.46. The molecular weight excluding hydrogens is 480 g/mol. The summed E-state index contributed by atoms with van der Waals surface area (Å²) in [6.45, 7) is 2.52. The van der Waals surface area contributed by atoms with E-state index in [1.165, 1.54) is 25.3 Å². The first-order valence-electron chi connectivity index (χ1n) is 11.1. The molecule has 8 nitrogen and oxygen atoms in total. The average Bonchev–Trinajstić information content (AvgIpc) is 2.84. The molecule has 1 aliphatic rings. The summed E-state index contributed by atoms with van der Waals surface area (Å²) in [6, 6.07) is 13.3. The maximum atomic E-state index is 13.5. The molecule has 3 rings (SSSR count). The summed E-state index contributed by atoms with van der Waals surface area (Å²) in [5.74, 6) is -0.453. The molecule has 34 heavy (non-hydrogen) atoms. The number of piperidine rings is 1. The summed E-state index contributed by atoms with van der Waals surface area (Å²) < 4.78 is 38.4. The number of hydrogen-bond acceptors (Lipinski definition) is 6. The van der Waals surface area contributed by atoms with Gasteiger partial charge in [-0.25, -0.2) is 8.42 Å². The van der Waals surface area contributed by atoms with Gasteiger partial charge in [0.05, 0.1) is 36.1 Å². The number of sulfonamides is 1. The van der Waals surface area contributed by atoms with Gasteiger partial charge in [0.2, 0.25) is 15.9 Å². The van der Waals surface area contributed by atoms with Crippen LogP contribution in [0.5, 0.6) is 5.75 Å². The van der Waals surface area contributed by atoms with E-state index in [0.717, 1.165) is 9.87 Å². The van der Waals surface area contributed by atoms with E-state index in [1.54, 1.807) is 24.0 Å². The molecule has 1 saturated heterocycles. The zero-order valence-electron chi connectivity index (χ0n) is 19.3. The topological polar surface area (TPSA) is 93.2 Å². The molecule has 0 unspecified atom stereocenters. The van der Waals surface area contributed by atoms with E-state index in [1.807, 2.05) is 18.2 Å². The molecule has 0 radical (unpaired) electrons. The SMILES string of the molecule is CCOC(=O)C1CCN(C(=O)CN(Cc2ccccc2)S(=O)(=O)c2ccc(OC)c(Cl)c2)CC1. The van der Waals surface area contributed by atoms with E-state index in [2.05, 4.69) is 0 Å². The lowest BCUT2D eigenvalue weighted by atomic mass is 9.97. The van der Waals surface area contributed by atoms with E-state index in [-0.39, 0.29) is 40.8 Å². The quantitative estimate of drug-likeness (QED) is 0.482. The Hall–Kier alpha value is -2.62. The van der Waals surface area contributed by atoms with Crippen molar-refractivity contribution in [3.8, 4) is 5.75 Å². The van der Waals surface area contributed by atoms with Crippen LogP contribution in [-0.4, -0.2) is 62.9 Å². The number of rotatable bonds is 9. The first-order valence-corrected chi connectivity index (χ1v) is 12.9. The number of nitrogens with zero attached hydrogens (tertiary/aromatic N) is 2. The Kier molecular flexibility index (Phi) is 8.93. The fraction of sp³-hybridized carbons (Fsp3) is 0.417. The van der Waals surface area contributed by atoms with Crippen molar-refractivity contribution in [2.45, 2.75) is 31.2 Å². The lowest BCUT2D eigenvalue weighted by molar-refractivity contribution is -0.151. The Morgan fingerprint density at radius 3 is 2.38 bits per heavy atom. The average molecular weight is 509 g/mol. The van der Waals surface area contributed by atoms with Crippen LogP contribution >= 0.6 is 11.6 Å². The van der Waals surface area contributed by atoms with Gasteiger partial charge >= 0.3 is 5.97 Å². The molecule has 0 aromatic heterocycles. The first kappa shape index (κ1) is 26.0. The maximum Gasteiger partial charge on any atom is 0.309 e. The Morgan fingerprint density at radius 1 is 1.12 bits per heavy atom. The molecule has 2 aromatic carbocycles. The molecular formula is C24H29ClN2O6S. The Bertz CT molecular complexity index is 1100. The monoisotopic (exact) mass is 508 g/mol. The predicted molar refractivity (Wildman–Crippen MR) is 128 cm³/mol. The molecule has 184 valence electrons. The molecule has 0 aliphatic carbocycles. The minimum absolute atomic E-state index is 0.0250. The number of methoxy groups -OCH3 is 1. The standard InChI is InChI=1S/C24H29ClN2O6S/c1-3-33-24(29)19-11-13-26(14-12-19)23(28)17-27(16-18-7-5-4-6-8-18)34(30,31)20-9-10-22(32-2)21(25)15-20/h4-10,15,19H,3,11-14,16-17H2,1-2H3. The molecule has 1 fully saturated rings. The van der Waals surface area contributed by atoms with Crippen molar-refractivity contribution in [3.05, 3.63) is 59.1 Å². The fourth-order valence-corrected chi connectivity index (χ4v) is 5.57. The van der Waals surface area contributed by atoms with Crippen LogP contribution in [0.1, 0.15) is 25.3 Å². The van der Waals surface area contributed by atoms with Gasteiger partial charge in [-0.3, -0.25) is 9.59 Å². The third-order valence-corrected chi connectivity index (χ3v) is 7.83. The lowest BCUT2D eigenvalue weighted by Gasteiger charge is -2.32. The molecule has 0 atom stereocenters. The van der Waals surface area contributed by atoms with Crippen LogP contribution in [0.15, 0.2) is 53.4 Å². The van der Waals surface area contributed by atoms with Crippen molar-refractivity contribution in [2.24, 2.45) is 5.92 Å². The summed E-state index contributed by atoms with van der Waals surface area (Å²) in [4.78, 5) is 26.7. The first-order chi connectivity index (χ1) is 16.3. The van der Waals surface area contributed by atoms with E-state index >= 15 is 0 Å². The van der Waals surface area contributed by atoms with Crippen LogP contribution in [-0.2, 0) is 30.9 Å². The molecule has 10 heteroatoms. The van der Waals surface area contributed by atoms with Crippen LogP contribution in [0.4, 0.5) is 0 Å². The number of likely N-dealkylation sites (tertiary alicyclic amines) is 1. The van der Waals surface area contributed by atoms with Crippen molar-refractivity contribution >= 4 is 33.5 Å². The largest absolute Gasteiger partial charge is 0.495 e. The number of carbonyl (C=O) groups is 2. The molecule has 1 aliphatic heterocycles. The van der Waals surface area contributed by atoms with Gasteiger partial charge in [-0.1, -0.05) is 41.9 Å². The van der Waals surface area contributed by atoms with Crippen molar-refractivity contribution in [1.29, 1.82) is 0 Å². The van der Waals surface area contributed by atoms with Crippen LogP contribution in [0.25, 0.3) is 0 Å². The second-order valence-electron chi connectivity index (χ2n) is 7.96. The molecule has 0 N–H and O–H groups in total. The van der Waals surface area contributed by atoms with E-state index in [4.69, 9.17) is 21.1 Å². The van der Waals surface area contributed by atoms with E-state index in [0.29, 0.717) is 38.3 Å². The Morgan fingerprint density at radius 2 is 1.79 bits per heavy atom. The third-order valence-electron chi connectivity index (χ3n) is 5.74. The summed E-state index contributed by atoms with van der Waals surface area (Å²) >= 11 is 6.17. The summed E-state index contributed by atoms with van der Waals surface area (Å²) in [5, 5.41) is 0.163. The van der Waals surface area contributed by atoms with Gasteiger partial charge in [-0.15, -0.1) is 0 Å². The Balaban J connectivity index is 1.79. The van der Waals surface area contributed by atoms with Crippen molar-refractivity contribution in [3.63, 3.8) is 0 Å². The van der Waals surface area contributed by atoms with Gasteiger partial charge in [0.25, 0.3) is 0 Å². The molecule has 0 saturated carbocycles. The number of amides is 1.